The van der Waals surface area contributed by atoms with Crippen LogP contribution in [-0.2, 0) is 10.8 Å². The minimum Gasteiger partial charge on any atom is -0.397 e. The van der Waals surface area contributed by atoms with Crippen LogP contribution in [0.4, 0.5) is 15.8 Å². The minimum absolute atomic E-state index is 0.315. The van der Waals surface area contributed by atoms with Crippen molar-refractivity contribution in [3.8, 4) is 11.1 Å². The predicted molar refractivity (Wildman–Crippen MR) is 136 cm³/mol. The van der Waals surface area contributed by atoms with Gasteiger partial charge in [-0.15, -0.1) is 0 Å². The SMILES string of the molecule is C=CC=C.NCCCS(=O)c1ccc(C(=O)Nc2cc(-c3ccc(F)cc3)ccc2N)cc1. The van der Waals surface area contributed by atoms with Crippen LogP contribution in [0.25, 0.3) is 11.1 Å². The molecule has 172 valence electrons. The summed E-state index contributed by atoms with van der Waals surface area (Å²) in [4.78, 5) is 13.3. The van der Waals surface area contributed by atoms with E-state index >= 15 is 0 Å². The Balaban J connectivity index is 0.000000890. The molecule has 0 bridgehead atoms. The van der Waals surface area contributed by atoms with E-state index < -0.39 is 10.8 Å². The Morgan fingerprint density at radius 2 is 1.58 bits per heavy atom. The topological polar surface area (TPSA) is 98.2 Å². The third-order valence-corrected chi connectivity index (χ3v) is 6.02. The molecule has 1 unspecified atom stereocenters. The van der Waals surface area contributed by atoms with Gasteiger partial charge in [-0.3, -0.25) is 9.00 Å². The van der Waals surface area contributed by atoms with E-state index in [0.717, 1.165) is 11.1 Å². The summed E-state index contributed by atoms with van der Waals surface area (Å²) >= 11 is 0. The van der Waals surface area contributed by atoms with Gasteiger partial charge in [0.2, 0.25) is 0 Å². The number of allylic oxidation sites excluding steroid dienone is 2. The lowest BCUT2D eigenvalue weighted by Crippen LogP contribution is -2.13. The van der Waals surface area contributed by atoms with Gasteiger partial charge < -0.3 is 16.8 Å². The maximum Gasteiger partial charge on any atom is 0.255 e. The van der Waals surface area contributed by atoms with Crippen LogP contribution in [0.5, 0.6) is 0 Å². The van der Waals surface area contributed by atoms with E-state index in [4.69, 9.17) is 11.5 Å². The summed E-state index contributed by atoms with van der Waals surface area (Å²) in [5.74, 6) is -0.147. The molecular formula is C26H28FN3O2S. The number of rotatable bonds is 8. The van der Waals surface area contributed by atoms with Crippen molar-refractivity contribution >= 4 is 28.1 Å². The van der Waals surface area contributed by atoms with Gasteiger partial charge in [0.05, 0.1) is 22.2 Å². The Bertz CT molecular complexity index is 1110. The predicted octanol–water partition coefficient (Wildman–Crippen LogP) is 5.14. The van der Waals surface area contributed by atoms with Crippen molar-refractivity contribution in [2.24, 2.45) is 5.73 Å². The first kappa shape index (κ1) is 25.7. The molecule has 5 nitrogen and oxygen atoms in total. The van der Waals surface area contributed by atoms with Crippen molar-refractivity contribution in [1.82, 2.24) is 0 Å². The van der Waals surface area contributed by atoms with Crippen LogP contribution in [0.2, 0.25) is 0 Å². The zero-order valence-electron chi connectivity index (χ0n) is 18.3. The first-order chi connectivity index (χ1) is 15.9. The summed E-state index contributed by atoms with van der Waals surface area (Å²) in [5, 5.41) is 2.80. The van der Waals surface area contributed by atoms with Gasteiger partial charge in [-0.05, 0) is 72.6 Å². The van der Waals surface area contributed by atoms with Crippen LogP contribution in [-0.4, -0.2) is 22.4 Å². The Labute approximate surface area is 196 Å². The quantitative estimate of drug-likeness (QED) is 0.317. The van der Waals surface area contributed by atoms with Crippen molar-refractivity contribution in [3.63, 3.8) is 0 Å². The fourth-order valence-electron chi connectivity index (χ4n) is 2.77. The highest BCUT2D eigenvalue weighted by molar-refractivity contribution is 7.85. The van der Waals surface area contributed by atoms with Gasteiger partial charge in [-0.2, -0.15) is 0 Å². The number of hydrogen-bond acceptors (Lipinski definition) is 4. The molecule has 0 radical (unpaired) electrons. The standard InChI is InChI=1S/C22H22FN3O2S.C4H6/c23-18-7-2-15(3-8-18)17-6-11-20(25)21(14-17)26-22(27)16-4-9-19(10-5-16)29(28)13-1-12-24;1-3-4-2/h2-11,14H,1,12-13,24-25H2,(H,26,27);3-4H,1-2H2. The smallest absolute Gasteiger partial charge is 0.255 e. The number of nitrogens with one attached hydrogen (secondary N) is 1. The van der Waals surface area contributed by atoms with E-state index in [2.05, 4.69) is 18.5 Å². The minimum atomic E-state index is -1.13. The summed E-state index contributed by atoms with van der Waals surface area (Å²) in [5.41, 5.74) is 14.4. The van der Waals surface area contributed by atoms with Crippen LogP contribution in [0.1, 0.15) is 16.8 Å². The molecular weight excluding hydrogens is 437 g/mol. The van der Waals surface area contributed by atoms with E-state index in [1.54, 1.807) is 60.7 Å². The maximum absolute atomic E-state index is 13.1. The molecule has 0 spiro atoms. The maximum atomic E-state index is 13.1. The first-order valence-electron chi connectivity index (χ1n) is 10.3. The average molecular weight is 466 g/mol. The molecule has 1 atom stereocenters. The fourth-order valence-corrected chi connectivity index (χ4v) is 3.88. The summed E-state index contributed by atoms with van der Waals surface area (Å²) in [6.07, 6.45) is 3.96. The highest BCUT2D eigenvalue weighted by atomic mass is 32.2. The lowest BCUT2D eigenvalue weighted by Gasteiger charge is -2.11. The van der Waals surface area contributed by atoms with Crippen molar-refractivity contribution in [2.45, 2.75) is 11.3 Å². The van der Waals surface area contributed by atoms with Gasteiger partial charge >= 0.3 is 0 Å². The molecule has 7 heteroatoms. The van der Waals surface area contributed by atoms with Crippen molar-refractivity contribution in [3.05, 3.63) is 103 Å². The third kappa shape index (κ3) is 7.82. The Morgan fingerprint density at radius 1 is 0.970 bits per heavy atom. The Morgan fingerprint density at radius 3 is 2.15 bits per heavy atom. The lowest BCUT2D eigenvalue weighted by molar-refractivity contribution is 0.102. The van der Waals surface area contributed by atoms with Gasteiger partial charge in [0.15, 0.2) is 0 Å². The molecule has 0 saturated carbocycles. The highest BCUT2D eigenvalue weighted by Gasteiger charge is 2.11. The second kappa shape index (κ2) is 13.1. The number of amides is 1. The number of halogens is 1. The molecule has 0 saturated heterocycles. The summed E-state index contributed by atoms with van der Waals surface area (Å²) in [6, 6.07) is 18.0. The summed E-state index contributed by atoms with van der Waals surface area (Å²) < 4.78 is 25.3. The molecule has 0 aliphatic carbocycles. The number of anilines is 2. The van der Waals surface area contributed by atoms with Crippen LogP contribution >= 0.6 is 0 Å². The molecule has 0 aliphatic heterocycles. The van der Waals surface area contributed by atoms with E-state index in [1.165, 1.54) is 12.1 Å². The summed E-state index contributed by atoms with van der Waals surface area (Å²) in [7, 11) is -1.13. The Kier molecular flexibility index (Phi) is 10.2. The van der Waals surface area contributed by atoms with Crippen LogP contribution in [0, 0.1) is 5.82 Å². The van der Waals surface area contributed by atoms with E-state index in [0.29, 0.717) is 40.6 Å². The Hall–Kier alpha value is -3.55. The van der Waals surface area contributed by atoms with Gasteiger partial charge in [0.1, 0.15) is 5.82 Å². The number of carbonyl (C=O) groups excluding carboxylic acids is 1. The number of nitrogens with two attached hydrogens (primary N) is 2. The molecule has 0 aliphatic rings. The number of carbonyl (C=O) groups is 1. The van der Waals surface area contributed by atoms with Crippen molar-refractivity contribution in [2.75, 3.05) is 23.3 Å². The van der Waals surface area contributed by atoms with Gasteiger partial charge in [0.25, 0.3) is 5.91 Å². The monoisotopic (exact) mass is 465 g/mol. The van der Waals surface area contributed by atoms with Crippen LogP contribution < -0.4 is 16.8 Å². The van der Waals surface area contributed by atoms with E-state index in [-0.39, 0.29) is 11.7 Å². The largest absolute Gasteiger partial charge is 0.397 e. The third-order valence-electron chi connectivity index (χ3n) is 4.56. The molecule has 1 amide bonds. The average Bonchev–Trinajstić information content (AvgIpc) is 2.84. The number of hydrogen-bond donors (Lipinski definition) is 3. The van der Waals surface area contributed by atoms with Gasteiger partial charge in [-0.25, -0.2) is 4.39 Å². The molecule has 3 aromatic carbocycles. The molecule has 3 rings (SSSR count). The first-order valence-corrected chi connectivity index (χ1v) is 11.6. The lowest BCUT2D eigenvalue weighted by atomic mass is 10.0. The molecule has 33 heavy (non-hydrogen) atoms. The van der Waals surface area contributed by atoms with E-state index in [1.807, 2.05) is 6.07 Å². The zero-order chi connectivity index (χ0) is 24.2. The van der Waals surface area contributed by atoms with Crippen LogP contribution in [0.3, 0.4) is 0 Å². The number of nitrogen functional groups attached to an aromatic ring is 1. The second-order valence-electron chi connectivity index (χ2n) is 6.95. The molecule has 0 fully saturated rings. The molecule has 5 N–H and O–H groups in total. The molecule has 0 heterocycles. The van der Waals surface area contributed by atoms with E-state index in [9.17, 15) is 13.4 Å². The highest BCUT2D eigenvalue weighted by Crippen LogP contribution is 2.28. The normalized spacial score (nSPS) is 11.0. The summed E-state index contributed by atoms with van der Waals surface area (Å²) in [6.45, 7) is 7.21. The number of benzene rings is 3. The zero-order valence-corrected chi connectivity index (χ0v) is 19.1. The van der Waals surface area contributed by atoms with Gasteiger partial charge in [0, 0.05) is 16.2 Å². The van der Waals surface area contributed by atoms with Crippen molar-refractivity contribution < 1.29 is 13.4 Å². The molecule has 3 aromatic rings. The fraction of sp³-hybridized carbons (Fsp3) is 0.115. The molecule has 0 aromatic heterocycles. The van der Waals surface area contributed by atoms with Crippen LogP contribution in [0.15, 0.2) is 96.9 Å². The second-order valence-corrected chi connectivity index (χ2v) is 8.52. The van der Waals surface area contributed by atoms with Gasteiger partial charge in [-0.1, -0.05) is 43.5 Å². The van der Waals surface area contributed by atoms with Crippen molar-refractivity contribution in [1.29, 1.82) is 0 Å².